The highest BCUT2D eigenvalue weighted by Crippen LogP contribution is 2.33. The van der Waals surface area contributed by atoms with Gasteiger partial charge in [-0.1, -0.05) is 30.3 Å². The number of carbonyl (C=O) groups excluding carboxylic acids is 2. The van der Waals surface area contributed by atoms with E-state index in [0.29, 0.717) is 5.69 Å². The topological polar surface area (TPSA) is 37.4 Å². The Balaban J connectivity index is 1.93. The summed E-state index contributed by atoms with van der Waals surface area (Å²) in [6.07, 6.45) is 0.245. The van der Waals surface area contributed by atoms with Crippen LogP contribution in [0.3, 0.4) is 0 Å². The minimum Gasteiger partial charge on any atom is -0.274 e. The van der Waals surface area contributed by atoms with Gasteiger partial charge in [0.25, 0.3) is 0 Å². The molecule has 1 fully saturated rings. The SMILES string of the molecule is O=C1CC(c2ccccc2)C(=O)N1c1ccc(I)cc1. The fourth-order valence-corrected chi connectivity index (χ4v) is 2.80. The average Bonchev–Trinajstić information content (AvgIpc) is 2.76. The molecule has 0 radical (unpaired) electrons. The van der Waals surface area contributed by atoms with Crippen LogP contribution >= 0.6 is 22.6 Å². The first-order chi connectivity index (χ1) is 9.66. The molecule has 20 heavy (non-hydrogen) atoms. The number of imide groups is 1. The van der Waals surface area contributed by atoms with Gasteiger partial charge in [0, 0.05) is 9.99 Å². The van der Waals surface area contributed by atoms with E-state index in [4.69, 9.17) is 0 Å². The predicted octanol–water partition coefficient (Wildman–Crippen LogP) is 3.34. The standard InChI is InChI=1S/C16H12INO2/c17-12-6-8-13(9-7-12)18-15(19)10-14(16(18)20)11-4-2-1-3-5-11/h1-9,14H,10H2. The van der Waals surface area contributed by atoms with E-state index in [1.165, 1.54) is 4.90 Å². The van der Waals surface area contributed by atoms with Crippen LogP contribution in [-0.2, 0) is 9.59 Å². The Bertz CT molecular complexity index is 652. The molecule has 1 heterocycles. The van der Waals surface area contributed by atoms with E-state index in [2.05, 4.69) is 22.6 Å². The Hall–Kier alpha value is -1.69. The Morgan fingerprint density at radius 1 is 0.950 bits per heavy atom. The van der Waals surface area contributed by atoms with Gasteiger partial charge in [-0.05, 0) is 52.4 Å². The summed E-state index contributed by atoms with van der Waals surface area (Å²) in [6, 6.07) is 16.9. The summed E-state index contributed by atoms with van der Waals surface area (Å²) in [5.74, 6) is -0.629. The number of anilines is 1. The zero-order chi connectivity index (χ0) is 14.1. The Morgan fingerprint density at radius 2 is 1.60 bits per heavy atom. The highest BCUT2D eigenvalue weighted by molar-refractivity contribution is 14.1. The molecule has 1 aliphatic rings. The fraction of sp³-hybridized carbons (Fsp3) is 0.125. The zero-order valence-corrected chi connectivity index (χ0v) is 12.8. The second kappa shape index (κ2) is 5.36. The van der Waals surface area contributed by atoms with Crippen LogP contribution in [0.25, 0.3) is 0 Å². The largest absolute Gasteiger partial charge is 0.274 e. The van der Waals surface area contributed by atoms with E-state index in [1.54, 1.807) is 0 Å². The number of hydrogen-bond donors (Lipinski definition) is 0. The van der Waals surface area contributed by atoms with Gasteiger partial charge in [-0.3, -0.25) is 14.5 Å². The van der Waals surface area contributed by atoms with Crippen LogP contribution in [0.1, 0.15) is 17.9 Å². The van der Waals surface area contributed by atoms with Gasteiger partial charge in [0.05, 0.1) is 11.6 Å². The number of carbonyl (C=O) groups is 2. The third-order valence-electron chi connectivity index (χ3n) is 3.43. The molecular formula is C16H12INO2. The summed E-state index contributed by atoms with van der Waals surface area (Å²) in [6.45, 7) is 0. The highest BCUT2D eigenvalue weighted by Gasteiger charge is 2.40. The van der Waals surface area contributed by atoms with Crippen LogP contribution in [0.15, 0.2) is 54.6 Å². The van der Waals surface area contributed by atoms with Gasteiger partial charge < -0.3 is 0 Å². The molecule has 0 aromatic heterocycles. The molecule has 2 aromatic carbocycles. The molecule has 3 nitrogen and oxygen atoms in total. The lowest BCUT2D eigenvalue weighted by Crippen LogP contribution is -2.29. The smallest absolute Gasteiger partial charge is 0.241 e. The van der Waals surface area contributed by atoms with Crippen LogP contribution in [0.4, 0.5) is 5.69 Å². The molecular weight excluding hydrogens is 365 g/mol. The minimum absolute atomic E-state index is 0.134. The molecule has 0 N–H and O–H groups in total. The van der Waals surface area contributed by atoms with Crippen LogP contribution in [0.2, 0.25) is 0 Å². The molecule has 4 heteroatoms. The monoisotopic (exact) mass is 377 g/mol. The van der Waals surface area contributed by atoms with Crippen molar-refractivity contribution in [1.82, 2.24) is 0 Å². The maximum Gasteiger partial charge on any atom is 0.241 e. The van der Waals surface area contributed by atoms with E-state index in [-0.39, 0.29) is 24.2 Å². The molecule has 0 spiro atoms. The molecule has 1 aliphatic heterocycles. The molecule has 1 saturated heterocycles. The van der Waals surface area contributed by atoms with Gasteiger partial charge in [-0.15, -0.1) is 0 Å². The van der Waals surface area contributed by atoms with Crippen LogP contribution in [0.5, 0.6) is 0 Å². The predicted molar refractivity (Wildman–Crippen MR) is 85.5 cm³/mol. The summed E-state index contributed by atoms with van der Waals surface area (Å²) >= 11 is 2.20. The second-order valence-corrected chi connectivity index (χ2v) is 5.96. The summed E-state index contributed by atoms with van der Waals surface area (Å²) < 4.78 is 1.07. The van der Waals surface area contributed by atoms with Crippen molar-refractivity contribution in [1.29, 1.82) is 0 Å². The lowest BCUT2D eigenvalue weighted by Gasteiger charge is -2.15. The molecule has 1 atom stereocenters. The number of halogens is 1. The number of hydrogen-bond acceptors (Lipinski definition) is 2. The Morgan fingerprint density at radius 3 is 2.25 bits per heavy atom. The Kier molecular flexibility index (Phi) is 3.56. The molecule has 1 unspecified atom stereocenters. The van der Waals surface area contributed by atoms with Crippen LogP contribution < -0.4 is 4.90 Å². The first-order valence-electron chi connectivity index (χ1n) is 6.34. The first-order valence-corrected chi connectivity index (χ1v) is 7.42. The number of rotatable bonds is 2. The summed E-state index contributed by atoms with van der Waals surface area (Å²) in [5, 5.41) is 0. The van der Waals surface area contributed by atoms with E-state index >= 15 is 0 Å². The van der Waals surface area contributed by atoms with Gasteiger partial charge >= 0.3 is 0 Å². The molecule has 2 amide bonds. The average molecular weight is 377 g/mol. The van der Waals surface area contributed by atoms with Crippen molar-refractivity contribution >= 4 is 40.1 Å². The minimum atomic E-state index is -0.358. The van der Waals surface area contributed by atoms with Gasteiger partial charge in [0.2, 0.25) is 11.8 Å². The van der Waals surface area contributed by atoms with E-state index in [0.717, 1.165) is 9.13 Å². The Labute approximate surface area is 130 Å². The quantitative estimate of drug-likeness (QED) is 0.595. The number of benzene rings is 2. The molecule has 2 aromatic rings. The summed E-state index contributed by atoms with van der Waals surface area (Å²) in [5.41, 5.74) is 1.55. The van der Waals surface area contributed by atoms with Crippen molar-refractivity contribution in [3.63, 3.8) is 0 Å². The van der Waals surface area contributed by atoms with Crippen LogP contribution in [-0.4, -0.2) is 11.8 Å². The third kappa shape index (κ3) is 2.35. The van der Waals surface area contributed by atoms with Crippen molar-refractivity contribution in [3.8, 4) is 0 Å². The fourth-order valence-electron chi connectivity index (χ4n) is 2.44. The second-order valence-electron chi connectivity index (χ2n) is 4.71. The van der Waals surface area contributed by atoms with Crippen molar-refractivity contribution in [3.05, 3.63) is 63.7 Å². The van der Waals surface area contributed by atoms with E-state index < -0.39 is 0 Å². The molecule has 0 aliphatic carbocycles. The van der Waals surface area contributed by atoms with Crippen molar-refractivity contribution in [2.75, 3.05) is 4.90 Å². The van der Waals surface area contributed by atoms with Gasteiger partial charge in [-0.25, -0.2) is 0 Å². The summed E-state index contributed by atoms with van der Waals surface area (Å²) in [4.78, 5) is 26.0. The van der Waals surface area contributed by atoms with Gasteiger partial charge in [0.1, 0.15) is 0 Å². The first kappa shape index (κ1) is 13.3. The zero-order valence-electron chi connectivity index (χ0n) is 10.6. The molecule has 0 bridgehead atoms. The van der Waals surface area contributed by atoms with Crippen molar-refractivity contribution in [2.24, 2.45) is 0 Å². The molecule has 0 saturated carbocycles. The van der Waals surface area contributed by atoms with Gasteiger partial charge in [0.15, 0.2) is 0 Å². The highest BCUT2D eigenvalue weighted by atomic mass is 127. The lowest BCUT2D eigenvalue weighted by molar-refractivity contribution is -0.121. The van der Waals surface area contributed by atoms with Crippen molar-refractivity contribution in [2.45, 2.75) is 12.3 Å². The lowest BCUT2D eigenvalue weighted by atomic mass is 9.98. The van der Waals surface area contributed by atoms with E-state index in [9.17, 15) is 9.59 Å². The molecule has 3 rings (SSSR count). The van der Waals surface area contributed by atoms with Crippen molar-refractivity contribution < 1.29 is 9.59 Å². The van der Waals surface area contributed by atoms with Gasteiger partial charge in [-0.2, -0.15) is 0 Å². The maximum atomic E-state index is 12.5. The number of amides is 2. The number of nitrogens with zero attached hydrogens (tertiary/aromatic N) is 1. The third-order valence-corrected chi connectivity index (χ3v) is 4.15. The maximum absolute atomic E-state index is 12.5. The normalized spacial score (nSPS) is 18.6. The van der Waals surface area contributed by atoms with E-state index in [1.807, 2.05) is 54.6 Å². The summed E-state index contributed by atoms with van der Waals surface area (Å²) in [7, 11) is 0. The molecule has 100 valence electrons. The van der Waals surface area contributed by atoms with Crippen LogP contribution in [0, 0.1) is 3.57 Å².